The van der Waals surface area contributed by atoms with E-state index in [0.717, 1.165) is 6.07 Å². The Morgan fingerprint density at radius 3 is 2.43 bits per heavy atom. The van der Waals surface area contributed by atoms with Crippen molar-refractivity contribution < 1.29 is 19.1 Å². The molecule has 0 atom stereocenters. The van der Waals surface area contributed by atoms with Gasteiger partial charge in [0, 0.05) is 11.3 Å². The van der Waals surface area contributed by atoms with Crippen LogP contribution in [0.5, 0.6) is 0 Å². The number of benzene rings is 2. The van der Waals surface area contributed by atoms with Crippen molar-refractivity contribution in [3.05, 3.63) is 65.5 Å². The molecule has 1 amide bonds. The van der Waals surface area contributed by atoms with Crippen molar-refractivity contribution in [1.29, 1.82) is 0 Å². The Bertz CT molecular complexity index is 747. The van der Waals surface area contributed by atoms with Crippen LogP contribution in [0.1, 0.15) is 15.9 Å². The lowest BCUT2D eigenvalue weighted by Gasteiger charge is -2.10. The standard InChI is InChI=1S/C16H13FN2O3S/c17-12-3-1-2-11(9-12)15(22)19-16(23)18-13-6-4-10(5-7-13)8-14(20)21/h1-7,9H,8H2,(H,20,21)(H2,18,19,22,23). The van der Waals surface area contributed by atoms with E-state index in [-0.39, 0.29) is 17.1 Å². The molecule has 0 unspecified atom stereocenters. The Balaban J connectivity index is 1.94. The average Bonchev–Trinajstić information content (AvgIpc) is 2.48. The van der Waals surface area contributed by atoms with Gasteiger partial charge in [-0.3, -0.25) is 14.9 Å². The van der Waals surface area contributed by atoms with E-state index in [4.69, 9.17) is 17.3 Å². The molecule has 0 saturated carbocycles. The molecule has 5 nitrogen and oxygen atoms in total. The summed E-state index contributed by atoms with van der Waals surface area (Å²) in [4.78, 5) is 22.5. The number of hydrogen-bond acceptors (Lipinski definition) is 3. The summed E-state index contributed by atoms with van der Waals surface area (Å²) in [6.07, 6.45) is -0.0684. The van der Waals surface area contributed by atoms with Gasteiger partial charge in [0.2, 0.25) is 0 Å². The number of carboxylic acids is 1. The van der Waals surface area contributed by atoms with Gasteiger partial charge in [-0.2, -0.15) is 0 Å². The second-order valence-corrected chi connectivity index (χ2v) is 5.09. The normalized spacial score (nSPS) is 9.96. The van der Waals surface area contributed by atoms with Gasteiger partial charge in [0.15, 0.2) is 5.11 Å². The number of hydrogen-bond donors (Lipinski definition) is 3. The first-order valence-electron chi connectivity index (χ1n) is 6.62. The zero-order valence-corrected chi connectivity index (χ0v) is 12.7. The number of thiocarbonyl (C=S) groups is 1. The fraction of sp³-hybridized carbons (Fsp3) is 0.0625. The lowest BCUT2D eigenvalue weighted by atomic mass is 10.1. The van der Waals surface area contributed by atoms with E-state index in [1.54, 1.807) is 24.3 Å². The van der Waals surface area contributed by atoms with E-state index in [9.17, 15) is 14.0 Å². The number of carbonyl (C=O) groups is 2. The lowest BCUT2D eigenvalue weighted by Crippen LogP contribution is -2.34. The minimum Gasteiger partial charge on any atom is -0.481 e. The largest absolute Gasteiger partial charge is 0.481 e. The van der Waals surface area contributed by atoms with Crippen LogP contribution in [0.3, 0.4) is 0 Å². The van der Waals surface area contributed by atoms with Crippen molar-refractivity contribution in [2.75, 3.05) is 5.32 Å². The van der Waals surface area contributed by atoms with Crippen molar-refractivity contribution in [3.63, 3.8) is 0 Å². The van der Waals surface area contributed by atoms with E-state index < -0.39 is 17.7 Å². The smallest absolute Gasteiger partial charge is 0.307 e. The molecular weight excluding hydrogens is 319 g/mol. The van der Waals surface area contributed by atoms with Gasteiger partial charge < -0.3 is 10.4 Å². The number of halogens is 1. The van der Waals surface area contributed by atoms with E-state index in [1.165, 1.54) is 18.2 Å². The third kappa shape index (κ3) is 5.15. The Morgan fingerprint density at radius 1 is 1.13 bits per heavy atom. The van der Waals surface area contributed by atoms with E-state index in [1.807, 2.05) is 0 Å². The maximum Gasteiger partial charge on any atom is 0.307 e. The van der Waals surface area contributed by atoms with Crippen molar-refractivity contribution in [2.45, 2.75) is 6.42 Å². The molecule has 0 fully saturated rings. The predicted molar refractivity (Wildman–Crippen MR) is 87.9 cm³/mol. The first kappa shape index (κ1) is 16.6. The summed E-state index contributed by atoms with van der Waals surface area (Å²) in [5, 5.41) is 14.0. The monoisotopic (exact) mass is 332 g/mol. The van der Waals surface area contributed by atoms with Crippen LogP contribution in [-0.2, 0) is 11.2 Å². The molecule has 3 N–H and O–H groups in total. The highest BCUT2D eigenvalue weighted by atomic mass is 32.1. The first-order valence-corrected chi connectivity index (χ1v) is 7.03. The minimum absolute atomic E-state index is 0.0604. The van der Waals surface area contributed by atoms with E-state index in [0.29, 0.717) is 11.3 Å². The molecule has 0 aromatic heterocycles. The summed E-state index contributed by atoms with van der Waals surface area (Å²) >= 11 is 5.02. The van der Waals surface area contributed by atoms with Crippen LogP contribution >= 0.6 is 12.2 Å². The number of nitrogens with one attached hydrogen (secondary N) is 2. The summed E-state index contributed by atoms with van der Waals surface area (Å²) in [5.41, 5.74) is 1.41. The Morgan fingerprint density at radius 2 is 1.83 bits per heavy atom. The van der Waals surface area contributed by atoms with Gasteiger partial charge in [-0.15, -0.1) is 0 Å². The van der Waals surface area contributed by atoms with Crippen LogP contribution in [0.25, 0.3) is 0 Å². The van der Waals surface area contributed by atoms with E-state index >= 15 is 0 Å². The van der Waals surface area contributed by atoms with Crippen LogP contribution in [0, 0.1) is 5.82 Å². The van der Waals surface area contributed by atoms with Crippen molar-refractivity contribution in [2.24, 2.45) is 0 Å². The number of amides is 1. The topological polar surface area (TPSA) is 78.4 Å². The SMILES string of the molecule is O=C(O)Cc1ccc(NC(=S)NC(=O)c2cccc(F)c2)cc1. The van der Waals surface area contributed by atoms with Crippen molar-refractivity contribution in [1.82, 2.24) is 5.32 Å². The van der Waals surface area contributed by atoms with Crippen LogP contribution in [0.15, 0.2) is 48.5 Å². The summed E-state index contributed by atoms with van der Waals surface area (Å²) < 4.78 is 13.1. The van der Waals surface area contributed by atoms with Gasteiger partial charge in [-0.25, -0.2) is 4.39 Å². The average molecular weight is 332 g/mol. The second kappa shape index (κ2) is 7.46. The highest BCUT2D eigenvalue weighted by molar-refractivity contribution is 7.80. The summed E-state index contributed by atoms with van der Waals surface area (Å²) in [7, 11) is 0. The van der Waals surface area contributed by atoms with Crippen LogP contribution in [-0.4, -0.2) is 22.1 Å². The summed E-state index contributed by atoms with van der Waals surface area (Å²) in [6, 6.07) is 11.9. The zero-order chi connectivity index (χ0) is 16.8. The number of rotatable bonds is 4. The maximum absolute atomic E-state index is 13.1. The molecule has 0 spiro atoms. The molecule has 0 aliphatic rings. The highest BCUT2D eigenvalue weighted by Crippen LogP contribution is 2.10. The molecule has 2 aromatic rings. The molecule has 118 valence electrons. The molecule has 0 aliphatic carbocycles. The number of anilines is 1. The molecule has 0 saturated heterocycles. The van der Waals surface area contributed by atoms with Crippen LogP contribution in [0.2, 0.25) is 0 Å². The molecule has 2 aromatic carbocycles. The molecule has 0 bridgehead atoms. The first-order chi connectivity index (χ1) is 10.9. The molecular formula is C16H13FN2O3S. The molecule has 7 heteroatoms. The summed E-state index contributed by atoms with van der Waals surface area (Å²) in [5.74, 6) is -1.95. The number of carbonyl (C=O) groups excluding carboxylic acids is 1. The van der Waals surface area contributed by atoms with Gasteiger partial charge in [0.25, 0.3) is 5.91 Å². The highest BCUT2D eigenvalue weighted by Gasteiger charge is 2.09. The molecule has 23 heavy (non-hydrogen) atoms. The zero-order valence-electron chi connectivity index (χ0n) is 11.9. The minimum atomic E-state index is -0.913. The van der Waals surface area contributed by atoms with Crippen LogP contribution in [0.4, 0.5) is 10.1 Å². The van der Waals surface area contributed by atoms with Crippen molar-refractivity contribution in [3.8, 4) is 0 Å². The molecule has 2 rings (SSSR count). The molecule has 0 heterocycles. The van der Waals surface area contributed by atoms with Gasteiger partial charge >= 0.3 is 5.97 Å². The van der Waals surface area contributed by atoms with Gasteiger partial charge in [0.1, 0.15) is 5.82 Å². The van der Waals surface area contributed by atoms with E-state index in [2.05, 4.69) is 10.6 Å². The third-order valence-corrected chi connectivity index (χ3v) is 3.09. The predicted octanol–water partition coefficient (Wildman–Crippen LogP) is 2.58. The van der Waals surface area contributed by atoms with Gasteiger partial charge in [-0.05, 0) is 48.1 Å². The fourth-order valence-electron chi connectivity index (χ4n) is 1.85. The van der Waals surface area contributed by atoms with Crippen LogP contribution < -0.4 is 10.6 Å². The Hall–Kier alpha value is -2.80. The quantitative estimate of drug-likeness (QED) is 0.750. The Labute approximate surface area is 137 Å². The molecule has 0 aliphatic heterocycles. The number of aliphatic carboxylic acids is 1. The second-order valence-electron chi connectivity index (χ2n) is 4.69. The lowest BCUT2D eigenvalue weighted by molar-refractivity contribution is -0.136. The molecule has 0 radical (unpaired) electrons. The Kier molecular flexibility index (Phi) is 5.37. The number of carboxylic acid groups (broad SMARTS) is 1. The third-order valence-electron chi connectivity index (χ3n) is 2.88. The fourth-order valence-corrected chi connectivity index (χ4v) is 2.06. The summed E-state index contributed by atoms with van der Waals surface area (Å²) in [6.45, 7) is 0. The van der Waals surface area contributed by atoms with Crippen molar-refractivity contribution >= 4 is 34.9 Å². The van der Waals surface area contributed by atoms with Gasteiger partial charge in [0.05, 0.1) is 6.42 Å². The maximum atomic E-state index is 13.1. The van der Waals surface area contributed by atoms with Gasteiger partial charge in [-0.1, -0.05) is 18.2 Å².